The van der Waals surface area contributed by atoms with Crippen LogP contribution in [0.15, 0.2) is 60.8 Å². The van der Waals surface area contributed by atoms with E-state index in [4.69, 9.17) is 0 Å². The van der Waals surface area contributed by atoms with Crippen LogP contribution in [-0.2, 0) is 39.2 Å². The molecule has 5 amide bonds. The summed E-state index contributed by atoms with van der Waals surface area (Å²) in [6.45, 7) is 9.04. The Morgan fingerprint density at radius 2 is 1.82 bits per heavy atom. The number of fused-ring (bicyclic) bond motifs is 3. The number of nitrogens with one attached hydrogen (secondary N) is 3. The van der Waals surface area contributed by atoms with E-state index in [0.29, 0.717) is 50.3 Å². The third-order valence-electron chi connectivity index (χ3n) is 9.13. The number of carbonyl (C=O) groups excluding carboxylic acids is 4. The van der Waals surface area contributed by atoms with Crippen molar-refractivity contribution in [3.05, 3.63) is 95.5 Å². The Labute approximate surface area is 263 Å². The van der Waals surface area contributed by atoms with E-state index in [0.717, 1.165) is 27.8 Å². The molecule has 6 rings (SSSR count). The standard InChI is InChI=1S/C35H39N6O4/c1-22(2)37-34(45)40-15-12-24(13-16-40)32(43)41(20-26-8-5-4-7-23(26)3)21-30(42)38-28-11-10-25-18-35(19-27(25)17-28)29-9-6-14-36-31(29)39-33(35)44/h4-11,14,17,22,24H,3,12-13,15-16,18-21H2,1-2H3,(H,37,45)(H,38,42)(H,36,39,44). The van der Waals surface area contributed by atoms with E-state index in [-0.39, 0.29) is 48.8 Å². The molecule has 1 aliphatic carbocycles. The first kappa shape index (κ1) is 30.3. The fourth-order valence-electron chi connectivity index (χ4n) is 6.77. The molecule has 1 atom stereocenters. The highest BCUT2D eigenvalue weighted by atomic mass is 16.2. The van der Waals surface area contributed by atoms with Crippen LogP contribution in [0.3, 0.4) is 0 Å². The van der Waals surface area contributed by atoms with Crippen LogP contribution in [-0.4, -0.2) is 64.2 Å². The minimum absolute atomic E-state index is 0.0385. The van der Waals surface area contributed by atoms with Crippen molar-refractivity contribution < 1.29 is 19.2 Å². The summed E-state index contributed by atoms with van der Waals surface area (Å²) >= 11 is 0. The van der Waals surface area contributed by atoms with E-state index in [9.17, 15) is 19.2 Å². The first-order chi connectivity index (χ1) is 21.6. The molecule has 45 heavy (non-hydrogen) atoms. The van der Waals surface area contributed by atoms with E-state index in [1.165, 1.54) is 0 Å². The number of hydrogen-bond donors (Lipinski definition) is 3. The Balaban J connectivity index is 1.14. The summed E-state index contributed by atoms with van der Waals surface area (Å²) in [4.78, 5) is 60.5. The van der Waals surface area contributed by atoms with Gasteiger partial charge in [0.05, 0.1) is 5.41 Å². The summed E-state index contributed by atoms with van der Waals surface area (Å²) in [5.41, 5.74) is 4.59. The Kier molecular flexibility index (Phi) is 8.31. The van der Waals surface area contributed by atoms with Gasteiger partial charge in [-0.3, -0.25) is 14.4 Å². The summed E-state index contributed by atoms with van der Waals surface area (Å²) in [5, 5.41) is 8.83. The van der Waals surface area contributed by atoms with Gasteiger partial charge in [-0.05, 0) is 86.9 Å². The number of carbonyl (C=O) groups is 4. The minimum atomic E-state index is -0.690. The SMILES string of the molecule is [CH2]c1ccccc1CN(CC(=O)Nc1ccc2c(c1)CC1(C2)C(=O)Nc2ncccc21)C(=O)C1CCN(C(=O)NC(C)C)CC1. The monoisotopic (exact) mass is 607 g/mol. The molecule has 1 fully saturated rings. The maximum absolute atomic E-state index is 13.8. The lowest BCUT2D eigenvalue weighted by molar-refractivity contribution is -0.140. The van der Waals surface area contributed by atoms with Crippen molar-refractivity contribution in [1.29, 1.82) is 0 Å². The maximum Gasteiger partial charge on any atom is 0.317 e. The highest BCUT2D eigenvalue weighted by molar-refractivity contribution is 6.06. The minimum Gasteiger partial charge on any atom is -0.336 e. The predicted octanol–water partition coefficient (Wildman–Crippen LogP) is 4.05. The van der Waals surface area contributed by atoms with Crippen LogP contribution < -0.4 is 16.0 Å². The number of aromatic nitrogens is 1. The molecule has 10 heteroatoms. The lowest BCUT2D eigenvalue weighted by Gasteiger charge is -2.34. The van der Waals surface area contributed by atoms with Crippen molar-refractivity contribution in [2.45, 2.75) is 57.5 Å². The fourth-order valence-corrected chi connectivity index (χ4v) is 6.77. The molecule has 3 aromatic rings. The quantitative estimate of drug-likeness (QED) is 0.374. The van der Waals surface area contributed by atoms with Gasteiger partial charge in [-0.2, -0.15) is 0 Å². The number of likely N-dealkylation sites (tertiary alicyclic amines) is 1. The number of anilines is 2. The normalized spacial score (nSPS) is 18.8. The number of benzene rings is 2. The second-order valence-corrected chi connectivity index (χ2v) is 12.6. The van der Waals surface area contributed by atoms with E-state index in [1.54, 1.807) is 16.0 Å². The molecule has 3 N–H and O–H groups in total. The van der Waals surface area contributed by atoms with Crippen molar-refractivity contribution in [1.82, 2.24) is 20.1 Å². The van der Waals surface area contributed by atoms with Crippen LogP contribution in [0.5, 0.6) is 0 Å². The van der Waals surface area contributed by atoms with Gasteiger partial charge in [0, 0.05) is 49.0 Å². The average molecular weight is 608 g/mol. The van der Waals surface area contributed by atoms with Gasteiger partial charge in [0.25, 0.3) is 0 Å². The number of hydrogen-bond acceptors (Lipinski definition) is 5. The third-order valence-corrected chi connectivity index (χ3v) is 9.13. The highest BCUT2D eigenvalue weighted by Gasteiger charge is 2.51. The van der Waals surface area contributed by atoms with E-state index >= 15 is 0 Å². The molecule has 2 aliphatic heterocycles. The Bertz CT molecular complexity index is 1650. The van der Waals surface area contributed by atoms with Crippen LogP contribution in [0.4, 0.5) is 16.3 Å². The summed E-state index contributed by atoms with van der Waals surface area (Å²) in [5.74, 6) is -0.137. The van der Waals surface area contributed by atoms with Crippen molar-refractivity contribution in [2.24, 2.45) is 5.92 Å². The van der Waals surface area contributed by atoms with Crippen LogP contribution >= 0.6 is 0 Å². The first-order valence-electron chi connectivity index (χ1n) is 15.6. The molecule has 0 saturated carbocycles. The highest BCUT2D eigenvalue weighted by Crippen LogP contribution is 2.47. The lowest BCUT2D eigenvalue weighted by Crippen LogP contribution is -2.49. The molecule has 0 bridgehead atoms. The van der Waals surface area contributed by atoms with Gasteiger partial charge in [-0.25, -0.2) is 9.78 Å². The van der Waals surface area contributed by atoms with Gasteiger partial charge in [-0.15, -0.1) is 0 Å². The molecule has 233 valence electrons. The molecular formula is C35H39N6O4. The second kappa shape index (κ2) is 12.3. The second-order valence-electron chi connectivity index (χ2n) is 12.6. The molecule has 1 saturated heterocycles. The van der Waals surface area contributed by atoms with Gasteiger partial charge in [0.1, 0.15) is 12.4 Å². The lowest BCUT2D eigenvalue weighted by atomic mass is 9.79. The molecule has 1 unspecified atom stereocenters. The van der Waals surface area contributed by atoms with Crippen LogP contribution in [0.1, 0.15) is 54.5 Å². The summed E-state index contributed by atoms with van der Waals surface area (Å²) in [6.07, 6.45) is 3.84. The molecule has 3 heterocycles. The number of nitrogens with zero attached hydrogens (tertiary/aromatic N) is 3. The summed E-state index contributed by atoms with van der Waals surface area (Å²) in [7, 11) is 0. The van der Waals surface area contributed by atoms with E-state index in [2.05, 4.69) is 27.9 Å². The number of amides is 5. The smallest absolute Gasteiger partial charge is 0.317 e. The summed E-state index contributed by atoms with van der Waals surface area (Å²) < 4.78 is 0. The Hall–Kier alpha value is -4.73. The van der Waals surface area contributed by atoms with E-state index < -0.39 is 5.41 Å². The van der Waals surface area contributed by atoms with Crippen molar-refractivity contribution in [3.63, 3.8) is 0 Å². The summed E-state index contributed by atoms with van der Waals surface area (Å²) in [6, 6.07) is 17.1. The van der Waals surface area contributed by atoms with Gasteiger partial charge in [0.2, 0.25) is 17.7 Å². The molecule has 3 aliphatic rings. The van der Waals surface area contributed by atoms with Crippen molar-refractivity contribution in [2.75, 3.05) is 30.3 Å². The molecule has 1 radical (unpaired) electrons. The maximum atomic E-state index is 13.8. The van der Waals surface area contributed by atoms with Crippen molar-refractivity contribution >= 4 is 35.3 Å². The van der Waals surface area contributed by atoms with Gasteiger partial charge in [-0.1, -0.05) is 36.4 Å². The zero-order valence-corrected chi connectivity index (χ0v) is 25.8. The van der Waals surface area contributed by atoms with Crippen LogP contribution in [0.25, 0.3) is 0 Å². The van der Waals surface area contributed by atoms with E-state index in [1.807, 2.05) is 68.4 Å². The topological polar surface area (TPSA) is 124 Å². The zero-order chi connectivity index (χ0) is 31.7. The van der Waals surface area contributed by atoms with Crippen LogP contribution in [0, 0.1) is 12.8 Å². The number of piperidine rings is 1. The average Bonchev–Trinajstić information content (AvgIpc) is 3.53. The molecular weight excluding hydrogens is 568 g/mol. The first-order valence-corrected chi connectivity index (χ1v) is 15.6. The molecule has 10 nitrogen and oxygen atoms in total. The Morgan fingerprint density at radius 3 is 2.58 bits per heavy atom. The molecule has 1 aromatic heterocycles. The Morgan fingerprint density at radius 1 is 1.07 bits per heavy atom. The van der Waals surface area contributed by atoms with Gasteiger partial charge in [0.15, 0.2) is 0 Å². The van der Waals surface area contributed by atoms with Crippen molar-refractivity contribution in [3.8, 4) is 0 Å². The largest absolute Gasteiger partial charge is 0.336 e. The van der Waals surface area contributed by atoms with Gasteiger partial charge < -0.3 is 25.8 Å². The molecule has 1 spiro atoms. The fraction of sp³-hybridized carbons (Fsp3) is 0.371. The van der Waals surface area contributed by atoms with Gasteiger partial charge >= 0.3 is 6.03 Å². The number of pyridine rings is 1. The number of rotatable bonds is 7. The third kappa shape index (κ3) is 6.14. The number of urea groups is 1. The zero-order valence-electron chi connectivity index (χ0n) is 25.8. The molecule has 2 aromatic carbocycles. The predicted molar refractivity (Wildman–Crippen MR) is 171 cm³/mol. The van der Waals surface area contributed by atoms with Crippen LogP contribution in [0.2, 0.25) is 0 Å².